The highest BCUT2D eigenvalue weighted by Crippen LogP contribution is 2.20. The number of hydrogen-bond acceptors (Lipinski definition) is 2. The molecular weight excluding hydrogens is 224 g/mol. The Bertz CT molecular complexity index is 518. The van der Waals surface area contributed by atoms with Gasteiger partial charge in [0.05, 0.1) is 0 Å². The molecule has 2 nitrogen and oxygen atoms in total. The molecule has 0 bridgehead atoms. The lowest BCUT2D eigenvalue weighted by Crippen LogP contribution is -1.97. The van der Waals surface area contributed by atoms with E-state index < -0.39 is 0 Å². The predicted molar refractivity (Wildman–Crippen MR) is 71.7 cm³/mol. The largest absolute Gasteiger partial charge is 0.489 e. The minimum absolute atomic E-state index is 0.458. The molecule has 2 aromatic rings. The monoisotopic (exact) mass is 240 g/mol. The summed E-state index contributed by atoms with van der Waals surface area (Å²) in [6, 6.07) is 15.9. The van der Waals surface area contributed by atoms with E-state index in [1.54, 1.807) is 0 Å². The van der Waals surface area contributed by atoms with Crippen LogP contribution in [-0.2, 0) is 17.8 Å². The second-order valence-corrected chi connectivity index (χ2v) is 4.24. The summed E-state index contributed by atoms with van der Waals surface area (Å²) in [5.41, 5.74) is 3.23. The van der Waals surface area contributed by atoms with E-state index in [9.17, 15) is 4.79 Å². The van der Waals surface area contributed by atoms with Gasteiger partial charge in [0, 0.05) is 6.42 Å². The molecule has 0 atom stereocenters. The van der Waals surface area contributed by atoms with Crippen LogP contribution in [0, 0.1) is 6.92 Å². The molecule has 2 rings (SSSR count). The second-order valence-electron chi connectivity index (χ2n) is 4.24. The van der Waals surface area contributed by atoms with Crippen LogP contribution in [0.15, 0.2) is 48.5 Å². The van der Waals surface area contributed by atoms with Crippen LogP contribution >= 0.6 is 0 Å². The number of rotatable bonds is 5. The summed E-state index contributed by atoms with van der Waals surface area (Å²) < 4.78 is 5.77. The average Bonchev–Trinajstić information content (AvgIpc) is 2.39. The molecule has 18 heavy (non-hydrogen) atoms. The maximum atomic E-state index is 10.4. The van der Waals surface area contributed by atoms with E-state index >= 15 is 0 Å². The third-order valence-electron chi connectivity index (χ3n) is 2.80. The minimum atomic E-state index is 0.458. The fourth-order valence-corrected chi connectivity index (χ4v) is 1.83. The molecule has 92 valence electrons. The number of aryl methyl sites for hydroxylation is 1. The molecule has 0 aromatic heterocycles. The van der Waals surface area contributed by atoms with Crippen molar-refractivity contribution in [2.24, 2.45) is 0 Å². The summed E-state index contributed by atoms with van der Waals surface area (Å²) in [6.07, 6.45) is 1.37. The van der Waals surface area contributed by atoms with E-state index in [0.717, 1.165) is 28.7 Å². The molecule has 0 unspecified atom stereocenters. The van der Waals surface area contributed by atoms with Gasteiger partial charge in [0.25, 0.3) is 0 Å². The molecule has 2 heteroatoms. The zero-order valence-corrected chi connectivity index (χ0v) is 10.4. The fraction of sp³-hybridized carbons (Fsp3) is 0.188. The van der Waals surface area contributed by atoms with Gasteiger partial charge < -0.3 is 9.53 Å². The Kier molecular flexibility index (Phi) is 4.13. The highest BCUT2D eigenvalue weighted by Gasteiger charge is 2.01. The van der Waals surface area contributed by atoms with Crippen LogP contribution in [0.4, 0.5) is 0 Å². The normalized spacial score (nSPS) is 10.1. The lowest BCUT2D eigenvalue weighted by molar-refractivity contribution is -0.107. The quantitative estimate of drug-likeness (QED) is 0.749. The number of ether oxygens (including phenoxy) is 1. The van der Waals surface area contributed by atoms with E-state index in [1.807, 2.05) is 55.5 Å². The van der Waals surface area contributed by atoms with Crippen molar-refractivity contribution in [3.63, 3.8) is 0 Å². The van der Waals surface area contributed by atoms with Gasteiger partial charge in [-0.3, -0.25) is 0 Å². The molecule has 0 radical (unpaired) electrons. The summed E-state index contributed by atoms with van der Waals surface area (Å²) in [5, 5.41) is 0. The number of carbonyl (C=O) groups excluding carboxylic acids is 1. The van der Waals surface area contributed by atoms with Crippen LogP contribution in [0.2, 0.25) is 0 Å². The molecule has 0 heterocycles. The van der Waals surface area contributed by atoms with Crippen molar-refractivity contribution >= 4 is 6.29 Å². The Hall–Kier alpha value is -2.09. The van der Waals surface area contributed by atoms with Crippen LogP contribution in [0.3, 0.4) is 0 Å². The third kappa shape index (κ3) is 3.20. The standard InChI is InChI=1S/C16H16O2/c1-13-11-14(9-10-17)7-8-16(13)18-12-15-5-3-2-4-6-15/h2-8,10-11H,9,12H2,1H3. The van der Waals surface area contributed by atoms with Crippen molar-refractivity contribution in [2.75, 3.05) is 0 Å². The van der Waals surface area contributed by atoms with Gasteiger partial charge in [0.2, 0.25) is 0 Å². The van der Waals surface area contributed by atoms with Crippen LogP contribution in [0.5, 0.6) is 5.75 Å². The lowest BCUT2D eigenvalue weighted by Gasteiger charge is -2.10. The van der Waals surface area contributed by atoms with Gasteiger partial charge in [-0.1, -0.05) is 42.5 Å². The van der Waals surface area contributed by atoms with Crippen molar-refractivity contribution in [1.29, 1.82) is 0 Å². The van der Waals surface area contributed by atoms with Crippen molar-refractivity contribution < 1.29 is 9.53 Å². The van der Waals surface area contributed by atoms with E-state index in [0.29, 0.717) is 13.0 Å². The Morgan fingerprint density at radius 1 is 1.06 bits per heavy atom. The van der Waals surface area contributed by atoms with Gasteiger partial charge in [0.15, 0.2) is 0 Å². The van der Waals surface area contributed by atoms with Crippen molar-refractivity contribution in [1.82, 2.24) is 0 Å². The van der Waals surface area contributed by atoms with Gasteiger partial charge in [0.1, 0.15) is 18.6 Å². The summed E-state index contributed by atoms with van der Waals surface area (Å²) in [5.74, 6) is 0.869. The Balaban J connectivity index is 2.03. The van der Waals surface area contributed by atoms with E-state index in [-0.39, 0.29) is 0 Å². The first-order chi connectivity index (χ1) is 8.79. The Labute approximate surface area is 107 Å². The number of hydrogen-bond donors (Lipinski definition) is 0. The van der Waals surface area contributed by atoms with Gasteiger partial charge in [-0.05, 0) is 29.7 Å². The molecule has 2 aromatic carbocycles. The summed E-state index contributed by atoms with van der Waals surface area (Å²) in [4.78, 5) is 10.4. The first-order valence-corrected chi connectivity index (χ1v) is 5.99. The van der Waals surface area contributed by atoms with Crippen molar-refractivity contribution in [2.45, 2.75) is 20.0 Å². The van der Waals surface area contributed by atoms with Gasteiger partial charge in [-0.25, -0.2) is 0 Å². The molecule has 0 saturated heterocycles. The summed E-state index contributed by atoms with van der Waals surface area (Å²) >= 11 is 0. The van der Waals surface area contributed by atoms with E-state index in [4.69, 9.17) is 4.74 Å². The van der Waals surface area contributed by atoms with E-state index in [2.05, 4.69) is 0 Å². The smallest absolute Gasteiger partial charge is 0.124 e. The van der Waals surface area contributed by atoms with E-state index in [1.165, 1.54) is 0 Å². The van der Waals surface area contributed by atoms with Crippen LogP contribution in [0.25, 0.3) is 0 Å². The Morgan fingerprint density at radius 2 is 1.83 bits per heavy atom. The maximum absolute atomic E-state index is 10.4. The molecule has 0 amide bonds. The zero-order chi connectivity index (χ0) is 12.8. The molecule has 0 N–H and O–H groups in total. The van der Waals surface area contributed by atoms with Gasteiger partial charge in [-0.15, -0.1) is 0 Å². The molecule has 0 aliphatic heterocycles. The van der Waals surface area contributed by atoms with Gasteiger partial charge >= 0.3 is 0 Å². The summed E-state index contributed by atoms with van der Waals surface area (Å²) in [7, 11) is 0. The van der Waals surface area contributed by atoms with Gasteiger partial charge in [-0.2, -0.15) is 0 Å². The van der Waals surface area contributed by atoms with Crippen LogP contribution < -0.4 is 4.74 Å². The SMILES string of the molecule is Cc1cc(CC=O)ccc1OCc1ccccc1. The molecular formula is C16H16O2. The summed E-state index contributed by atoms with van der Waals surface area (Å²) in [6.45, 7) is 2.56. The first-order valence-electron chi connectivity index (χ1n) is 5.99. The molecule has 0 fully saturated rings. The second kappa shape index (κ2) is 6.01. The average molecular weight is 240 g/mol. The van der Waals surface area contributed by atoms with Crippen molar-refractivity contribution in [3.8, 4) is 5.75 Å². The highest BCUT2D eigenvalue weighted by molar-refractivity contribution is 5.55. The fourth-order valence-electron chi connectivity index (χ4n) is 1.83. The molecule has 0 aliphatic rings. The lowest BCUT2D eigenvalue weighted by atomic mass is 10.1. The van der Waals surface area contributed by atoms with Crippen LogP contribution in [-0.4, -0.2) is 6.29 Å². The molecule has 0 spiro atoms. The first kappa shape index (κ1) is 12.4. The number of aldehydes is 1. The molecule has 0 saturated carbocycles. The third-order valence-corrected chi connectivity index (χ3v) is 2.80. The zero-order valence-electron chi connectivity index (χ0n) is 10.4. The Morgan fingerprint density at radius 3 is 2.50 bits per heavy atom. The van der Waals surface area contributed by atoms with Crippen LogP contribution in [0.1, 0.15) is 16.7 Å². The topological polar surface area (TPSA) is 26.3 Å². The number of benzene rings is 2. The maximum Gasteiger partial charge on any atom is 0.124 e. The highest BCUT2D eigenvalue weighted by atomic mass is 16.5. The minimum Gasteiger partial charge on any atom is -0.489 e. The van der Waals surface area contributed by atoms with Crippen molar-refractivity contribution in [3.05, 3.63) is 65.2 Å². The molecule has 0 aliphatic carbocycles. The predicted octanol–water partition coefficient (Wildman–Crippen LogP) is 3.32. The number of carbonyl (C=O) groups is 1.